The van der Waals surface area contributed by atoms with E-state index in [9.17, 15) is 4.79 Å². The van der Waals surface area contributed by atoms with Crippen LogP contribution in [-0.2, 0) is 7.05 Å². The molecule has 2 unspecified atom stereocenters. The number of carbonyl (C=O) groups excluding carboxylic acids is 1. The van der Waals surface area contributed by atoms with E-state index in [2.05, 4.69) is 23.9 Å². The SMILES string of the molecule is CC1CC(C)CN(C(=O)c2csc(-c3cnn(C)c3)n2)C1. The molecule has 6 heteroatoms. The second-order valence-corrected chi connectivity index (χ2v) is 6.95. The minimum Gasteiger partial charge on any atom is -0.337 e. The number of aromatic nitrogens is 3. The van der Waals surface area contributed by atoms with E-state index in [4.69, 9.17) is 0 Å². The second kappa shape index (κ2) is 5.60. The summed E-state index contributed by atoms with van der Waals surface area (Å²) < 4.78 is 1.74. The summed E-state index contributed by atoms with van der Waals surface area (Å²) in [4.78, 5) is 19.0. The van der Waals surface area contributed by atoms with Crippen LogP contribution in [0.3, 0.4) is 0 Å². The molecule has 0 saturated carbocycles. The van der Waals surface area contributed by atoms with E-state index in [0.717, 1.165) is 23.7 Å². The fraction of sp³-hybridized carbons (Fsp3) is 0.533. The monoisotopic (exact) mass is 304 g/mol. The van der Waals surface area contributed by atoms with Crippen molar-refractivity contribution in [2.24, 2.45) is 18.9 Å². The van der Waals surface area contributed by atoms with Crippen LogP contribution in [0.4, 0.5) is 0 Å². The van der Waals surface area contributed by atoms with Gasteiger partial charge in [0.2, 0.25) is 0 Å². The Labute approximate surface area is 128 Å². The molecule has 5 nitrogen and oxygen atoms in total. The number of nitrogens with zero attached hydrogens (tertiary/aromatic N) is 4. The van der Waals surface area contributed by atoms with Crippen molar-refractivity contribution in [2.75, 3.05) is 13.1 Å². The van der Waals surface area contributed by atoms with Crippen molar-refractivity contribution >= 4 is 17.2 Å². The molecule has 2 aromatic rings. The van der Waals surface area contributed by atoms with Crippen molar-refractivity contribution in [2.45, 2.75) is 20.3 Å². The smallest absolute Gasteiger partial charge is 0.273 e. The number of carbonyl (C=O) groups is 1. The summed E-state index contributed by atoms with van der Waals surface area (Å²) in [6.07, 6.45) is 4.89. The van der Waals surface area contributed by atoms with Crippen molar-refractivity contribution in [1.29, 1.82) is 0 Å². The van der Waals surface area contributed by atoms with Gasteiger partial charge in [-0.1, -0.05) is 13.8 Å². The van der Waals surface area contributed by atoms with Gasteiger partial charge in [0.05, 0.1) is 6.20 Å². The van der Waals surface area contributed by atoms with Crippen LogP contribution in [0.2, 0.25) is 0 Å². The Bertz CT molecular complexity index is 638. The van der Waals surface area contributed by atoms with Crippen molar-refractivity contribution < 1.29 is 4.79 Å². The number of thiazole rings is 1. The fourth-order valence-corrected chi connectivity index (χ4v) is 3.80. The number of rotatable bonds is 2. The highest BCUT2D eigenvalue weighted by Crippen LogP contribution is 2.26. The first-order valence-electron chi connectivity index (χ1n) is 7.26. The summed E-state index contributed by atoms with van der Waals surface area (Å²) >= 11 is 1.50. The van der Waals surface area contributed by atoms with Crippen molar-refractivity contribution in [3.63, 3.8) is 0 Å². The normalized spacial score (nSPS) is 22.5. The molecule has 0 spiro atoms. The summed E-state index contributed by atoms with van der Waals surface area (Å²) in [7, 11) is 1.87. The Hall–Kier alpha value is -1.69. The quantitative estimate of drug-likeness (QED) is 0.857. The average molecular weight is 304 g/mol. The Balaban J connectivity index is 1.78. The zero-order valence-electron chi connectivity index (χ0n) is 12.6. The van der Waals surface area contributed by atoms with Crippen LogP contribution < -0.4 is 0 Å². The lowest BCUT2D eigenvalue weighted by atomic mass is 9.92. The Morgan fingerprint density at radius 2 is 2.05 bits per heavy atom. The summed E-state index contributed by atoms with van der Waals surface area (Å²) in [5.74, 6) is 1.18. The number of likely N-dealkylation sites (tertiary alicyclic amines) is 1. The van der Waals surface area contributed by atoms with Crippen LogP contribution in [0.25, 0.3) is 10.6 Å². The molecule has 1 amide bonds. The topological polar surface area (TPSA) is 51.0 Å². The maximum absolute atomic E-state index is 12.6. The van der Waals surface area contributed by atoms with Crippen LogP contribution in [0, 0.1) is 11.8 Å². The third kappa shape index (κ3) is 3.00. The molecule has 0 aliphatic carbocycles. The minimum absolute atomic E-state index is 0.0554. The van der Waals surface area contributed by atoms with Gasteiger partial charge in [0.1, 0.15) is 10.7 Å². The lowest BCUT2D eigenvalue weighted by molar-refractivity contribution is 0.0618. The van der Waals surface area contributed by atoms with Crippen LogP contribution in [0.1, 0.15) is 30.8 Å². The first kappa shape index (κ1) is 14.3. The third-order valence-electron chi connectivity index (χ3n) is 3.83. The molecule has 1 aliphatic rings. The maximum Gasteiger partial charge on any atom is 0.273 e. The number of amides is 1. The number of piperidine rings is 1. The molecular formula is C15H20N4OS. The highest BCUT2D eigenvalue weighted by atomic mass is 32.1. The molecule has 2 atom stereocenters. The zero-order chi connectivity index (χ0) is 15.0. The number of aryl methyl sites for hydroxylation is 1. The molecule has 0 radical (unpaired) electrons. The summed E-state index contributed by atoms with van der Waals surface area (Å²) in [6, 6.07) is 0. The van der Waals surface area contributed by atoms with Gasteiger partial charge < -0.3 is 4.90 Å². The van der Waals surface area contributed by atoms with E-state index in [1.54, 1.807) is 10.9 Å². The molecule has 21 heavy (non-hydrogen) atoms. The molecule has 112 valence electrons. The Kier molecular flexibility index (Phi) is 3.80. The van der Waals surface area contributed by atoms with E-state index in [1.807, 2.05) is 23.5 Å². The van der Waals surface area contributed by atoms with Gasteiger partial charge in [0.15, 0.2) is 0 Å². The summed E-state index contributed by atoms with van der Waals surface area (Å²) in [5, 5.41) is 6.85. The lowest BCUT2D eigenvalue weighted by Gasteiger charge is -2.34. The lowest BCUT2D eigenvalue weighted by Crippen LogP contribution is -2.42. The predicted octanol–water partition coefficient (Wildman–Crippen LogP) is 2.66. The molecule has 2 aromatic heterocycles. The Morgan fingerprint density at radius 3 is 2.67 bits per heavy atom. The molecule has 1 saturated heterocycles. The van der Waals surface area contributed by atoms with E-state index >= 15 is 0 Å². The molecule has 3 rings (SSSR count). The van der Waals surface area contributed by atoms with Crippen LogP contribution >= 0.6 is 11.3 Å². The first-order chi connectivity index (χ1) is 10.0. The van der Waals surface area contributed by atoms with Crippen molar-refractivity contribution in [1.82, 2.24) is 19.7 Å². The highest BCUT2D eigenvalue weighted by Gasteiger charge is 2.27. The Morgan fingerprint density at radius 1 is 1.33 bits per heavy atom. The average Bonchev–Trinajstić information content (AvgIpc) is 3.05. The second-order valence-electron chi connectivity index (χ2n) is 6.10. The highest BCUT2D eigenvalue weighted by molar-refractivity contribution is 7.13. The van der Waals surface area contributed by atoms with E-state index in [-0.39, 0.29) is 5.91 Å². The van der Waals surface area contributed by atoms with Crippen molar-refractivity contribution in [3.05, 3.63) is 23.5 Å². The van der Waals surface area contributed by atoms with Gasteiger partial charge in [-0.15, -0.1) is 11.3 Å². The van der Waals surface area contributed by atoms with Crippen LogP contribution in [0.5, 0.6) is 0 Å². The van der Waals surface area contributed by atoms with E-state index in [1.165, 1.54) is 17.8 Å². The predicted molar refractivity (Wildman–Crippen MR) is 83.2 cm³/mol. The minimum atomic E-state index is 0.0554. The number of hydrogen-bond acceptors (Lipinski definition) is 4. The van der Waals surface area contributed by atoms with E-state index < -0.39 is 0 Å². The van der Waals surface area contributed by atoms with E-state index in [0.29, 0.717) is 17.5 Å². The summed E-state index contributed by atoms with van der Waals surface area (Å²) in [6.45, 7) is 6.09. The maximum atomic E-state index is 12.6. The first-order valence-corrected chi connectivity index (χ1v) is 8.14. The largest absolute Gasteiger partial charge is 0.337 e. The van der Waals surface area contributed by atoms with Gasteiger partial charge >= 0.3 is 0 Å². The molecule has 1 fully saturated rings. The van der Waals surface area contributed by atoms with Gasteiger partial charge in [0.25, 0.3) is 5.91 Å². The summed E-state index contributed by atoms with van der Waals surface area (Å²) in [5.41, 5.74) is 1.52. The standard InChI is InChI=1S/C15H20N4OS/c1-10-4-11(2)7-19(6-10)15(20)13-9-21-14(17-13)12-5-16-18(3)8-12/h5,8-11H,4,6-7H2,1-3H3. The van der Waals surface area contributed by atoms with Crippen LogP contribution in [0.15, 0.2) is 17.8 Å². The van der Waals surface area contributed by atoms with Gasteiger partial charge in [-0.3, -0.25) is 9.48 Å². The molecule has 0 aromatic carbocycles. The van der Waals surface area contributed by atoms with Gasteiger partial charge in [-0.2, -0.15) is 5.10 Å². The third-order valence-corrected chi connectivity index (χ3v) is 4.72. The van der Waals surface area contributed by atoms with Crippen molar-refractivity contribution in [3.8, 4) is 10.6 Å². The van der Waals surface area contributed by atoms with Gasteiger partial charge in [-0.25, -0.2) is 4.98 Å². The molecular weight excluding hydrogens is 284 g/mol. The molecule has 3 heterocycles. The zero-order valence-corrected chi connectivity index (χ0v) is 13.4. The molecule has 0 N–H and O–H groups in total. The van der Waals surface area contributed by atoms with Gasteiger partial charge in [-0.05, 0) is 18.3 Å². The van der Waals surface area contributed by atoms with Gasteiger partial charge in [0, 0.05) is 37.3 Å². The fourth-order valence-electron chi connectivity index (χ4n) is 3.03. The molecule has 0 bridgehead atoms. The number of hydrogen-bond donors (Lipinski definition) is 0. The van der Waals surface area contributed by atoms with Crippen LogP contribution in [-0.4, -0.2) is 38.7 Å². The molecule has 1 aliphatic heterocycles.